The molecular weight excluding hydrogens is 292 g/mol. The average molecular weight is 299 g/mol. The van der Waals surface area contributed by atoms with Crippen molar-refractivity contribution in [3.63, 3.8) is 0 Å². The van der Waals surface area contributed by atoms with E-state index in [9.17, 15) is 9.59 Å². The lowest BCUT2D eigenvalue weighted by molar-refractivity contribution is 0.0691. The fraction of sp³-hybridized carbons (Fsp3) is 0.100. The summed E-state index contributed by atoms with van der Waals surface area (Å²) < 4.78 is 0. The molecule has 2 aromatic heterocycles. The second kappa shape index (κ2) is 5.72. The Morgan fingerprint density at radius 2 is 2.11 bits per heavy atom. The van der Waals surface area contributed by atoms with E-state index in [0.29, 0.717) is 5.01 Å². The van der Waals surface area contributed by atoms with E-state index in [2.05, 4.69) is 20.5 Å². The quantitative estimate of drug-likeness (QED) is 0.879. The molecule has 1 amide bonds. The number of aromatic carboxylic acids is 1. The molecule has 2 rings (SSSR count). The van der Waals surface area contributed by atoms with Gasteiger partial charge in [0.25, 0.3) is 5.91 Å². The second-order valence-corrected chi connectivity index (χ2v) is 4.69. The SMILES string of the molecule is O=C(O)c1csc(CNC(=O)c2ccc(Cl)nn2)n1. The van der Waals surface area contributed by atoms with Crippen molar-refractivity contribution in [2.24, 2.45) is 0 Å². The molecule has 0 aliphatic carbocycles. The van der Waals surface area contributed by atoms with Crippen LogP contribution < -0.4 is 5.32 Å². The monoisotopic (exact) mass is 298 g/mol. The van der Waals surface area contributed by atoms with Crippen molar-refractivity contribution in [3.05, 3.63) is 39.1 Å². The van der Waals surface area contributed by atoms with Crippen molar-refractivity contribution in [2.75, 3.05) is 0 Å². The minimum absolute atomic E-state index is 0.0412. The van der Waals surface area contributed by atoms with E-state index >= 15 is 0 Å². The van der Waals surface area contributed by atoms with Gasteiger partial charge in [-0.2, -0.15) is 0 Å². The lowest BCUT2D eigenvalue weighted by Gasteiger charge is -2.01. The molecule has 9 heteroatoms. The highest BCUT2D eigenvalue weighted by Gasteiger charge is 2.11. The molecule has 0 aliphatic rings. The highest BCUT2D eigenvalue weighted by molar-refractivity contribution is 7.09. The Bertz CT molecular complexity index is 613. The molecule has 0 fully saturated rings. The number of carbonyl (C=O) groups excluding carboxylic acids is 1. The number of aromatic nitrogens is 3. The zero-order valence-corrected chi connectivity index (χ0v) is 10.9. The Morgan fingerprint density at radius 1 is 1.32 bits per heavy atom. The summed E-state index contributed by atoms with van der Waals surface area (Å²) in [5.41, 5.74) is 0.0833. The van der Waals surface area contributed by atoms with Crippen LogP contribution in [0.1, 0.15) is 26.0 Å². The van der Waals surface area contributed by atoms with Crippen LogP contribution in [0.15, 0.2) is 17.5 Å². The van der Waals surface area contributed by atoms with Gasteiger partial charge in [-0.05, 0) is 12.1 Å². The maximum absolute atomic E-state index is 11.7. The molecule has 0 aliphatic heterocycles. The number of thiazole rings is 1. The molecule has 2 aromatic rings. The third-order valence-corrected chi connectivity index (χ3v) is 3.09. The van der Waals surface area contributed by atoms with Crippen LogP contribution in [0.5, 0.6) is 0 Å². The number of carboxylic acid groups (broad SMARTS) is 1. The van der Waals surface area contributed by atoms with E-state index < -0.39 is 11.9 Å². The van der Waals surface area contributed by atoms with Crippen molar-refractivity contribution >= 4 is 34.8 Å². The Balaban J connectivity index is 1.96. The van der Waals surface area contributed by atoms with Crippen LogP contribution >= 0.6 is 22.9 Å². The van der Waals surface area contributed by atoms with Gasteiger partial charge >= 0.3 is 5.97 Å². The minimum Gasteiger partial charge on any atom is -0.476 e. The first-order chi connectivity index (χ1) is 9.06. The molecular formula is C10H7ClN4O3S. The van der Waals surface area contributed by atoms with Crippen molar-refractivity contribution in [3.8, 4) is 0 Å². The Kier molecular flexibility index (Phi) is 4.03. The molecule has 2 heterocycles. The number of amides is 1. The number of rotatable bonds is 4. The van der Waals surface area contributed by atoms with Gasteiger partial charge in [0.15, 0.2) is 16.5 Å². The minimum atomic E-state index is -1.10. The van der Waals surface area contributed by atoms with E-state index in [-0.39, 0.29) is 23.1 Å². The largest absolute Gasteiger partial charge is 0.476 e. The third kappa shape index (κ3) is 3.46. The van der Waals surface area contributed by atoms with E-state index in [1.807, 2.05) is 0 Å². The molecule has 0 radical (unpaired) electrons. The molecule has 0 aromatic carbocycles. The predicted octanol–water partition coefficient (Wildman–Crippen LogP) is 1.21. The van der Waals surface area contributed by atoms with Gasteiger partial charge in [0.05, 0.1) is 6.54 Å². The van der Waals surface area contributed by atoms with Crippen LogP contribution in [0, 0.1) is 0 Å². The molecule has 98 valence electrons. The van der Waals surface area contributed by atoms with Crippen molar-refractivity contribution in [2.45, 2.75) is 6.54 Å². The van der Waals surface area contributed by atoms with Gasteiger partial charge < -0.3 is 10.4 Å². The molecule has 0 atom stereocenters. The third-order valence-electron chi connectivity index (χ3n) is 2.04. The number of carboxylic acids is 1. The fourth-order valence-corrected chi connectivity index (χ4v) is 1.98. The summed E-state index contributed by atoms with van der Waals surface area (Å²) in [5.74, 6) is -1.53. The Morgan fingerprint density at radius 3 is 2.68 bits per heavy atom. The standard InChI is InChI=1S/C10H7ClN4O3S/c11-7-2-1-5(14-15-7)9(16)12-3-8-13-6(4-19-8)10(17)18/h1-2,4H,3H2,(H,12,16)(H,17,18). The van der Waals surface area contributed by atoms with E-state index in [4.69, 9.17) is 16.7 Å². The summed E-state index contributed by atoms with van der Waals surface area (Å²) in [6, 6.07) is 2.89. The maximum atomic E-state index is 11.7. The molecule has 0 unspecified atom stereocenters. The summed E-state index contributed by atoms with van der Waals surface area (Å²) in [7, 11) is 0. The maximum Gasteiger partial charge on any atom is 0.355 e. The summed E-state index contributed by atoms with van der Waals surface area (Å²) in [4.78, 5) is 26.1. The van der Waals surface area contributed by atoms with Gasteiger partial charge in [0.1, 0.15) is 5.01 Å². The lowest BCUT2D eigenvalue weighted by atomic mass is 10.3. The average Bonchev–Trinajstić information content (AvgIpc) is 2.86. The summed E-state index contributed by atoms with van der Waals surface area (Å²) in [5, 5.41) is 20.5. The number of nitrogens with zero attached hydrogens (tertiary/aromatic N) is 3. The first-order valence-electron chi connectivity index (χ1n) is 5.01. The van der Waals surface area contributed by atoms with Crippen LogP contribution in [0.4, 0.5) is 0 Å². The highest BCUT2D eigenvalue weighted by Crippen LogP contribution is 2.09. The Hall–Kier alpha value is -2.06. The van der Waals surface area contributed by atoms with Gasteiger partial charge in [-0.3, -0.25) is 4.79 Å². The second-order valence-electron chi connectivity index (χ2n) is 3.36. The molecule has 0 saturated heterocycles. The number of hydrogen-bond acceptors (Lipinski definition) is 6. The molecule has 0 bridgehead atoms. The summed E-state index contributed by atoms with van der Waals surface area (Å²) in [6.07, 6.45) is 0. The van der Waals surface area contributed by atoms with Gasteiger partial charge in [-0.1, -0.05) is 11.6 Å². The first-order valence-corrected chi connectivity index (χ1v) is 6.27. The van der Waals surface area contributed by atoms with Crippen LogP contribution in [0.25, 0.3) is 0 Å². The Labute approximate surface area is 116 Å². The van der Waals surface area contributed by atoms with Gasteiger partial charge in [-0.25, -0.2) is 9.78 Å². The first kappa shape index (κ1) is 13.4. The summed E-state index contributed by atoms with van der Waals surface area (Å²) >= 11 is 6.71. The summed E-state index contributed by atoms with van der Waals surface area (Å²) in [6.45, 7) is 0.126. The molecule has 2 N–H and O–H groups in total. The molecule has 7 nitrogen and oxygen atoms in total. The van der Waals surface area contributed by atoms with Crippen LogP contribution in [-0.4, -0.2) is 32.2 Å². The predicted molar refractivity (Wildman–Crippen MR) is 67.3 cm³/mol. The number of halogens is 1. The van der Waals surface area contributed by atoms with Gasteiger partial charge in [-0.15, -0.1) is 21.5 Å². The number of carbonyl (C=O) groups is 2. The van der Waals surface area contributed by atoms with Gasteiger partial charge in [0, 0.05) is 5.38 Å². The van der Waals surface area contributed by atoms with Crippen LogP contribution in [-0.2, 0) is 6.54 Å². The van der Waals surface area contributed by atoms with E-state index in [1.165, 1.54) is 17.5 Å². The van der Waals surface area contributed by atoms with Gasteiger partial charge in [0.2, 0.25) is 0 Å². The van der Waals surface area contributed by atoms with Crippen LogP contribution in [0.2, 0.25) is 5.15 Å². The molecule has 0 spiro atoms. The lowest BCUT2D eigenvalue weighted by Crippen LogP contribution is -2.24. The zero-order chi connectivity index (χ0) is 13.8. The normalized spacial score (nSPS) is 10.2. The molecule has 19 heavy (non-hydrogen) atoms. The fourth-order valence-electron chi connectivity index (χ4n) is 1.17. The van der Waals surface area contributed by atoms with E-state index in [1.54, 1.807) is 0 Å². The van der Waals surface area contributed by atoms with Crippen molar-refractivity contribution < 1.29 is 14.7 Å². The van der Waals surface area contributed by atoms with E-state index in [0.717, 1.165) is 11.3 Å². The molecule has 0 saturated carbocycles. The number of nitrogens with one attached hydrogen (secondary N) is 1. The smallest absolute Gasteiger partial charge is 0.355 e. The number of hydrogen-bond donors (Lipinski definition) is 2. The van der Waals surface area contributed by atoms with Crippen LogP contribution in [0.3, 0.4) is 0 Å². The topological polar surface area (TPSA) is 105 Å². The van der Waals surface area contributed by atoms with Crippen molar-refractivity contribution in [1.82, 2.24) is 20.5 Å². The zero-order valence-electron chi connectivity index (χ0n) is 9.33. The van der Waals surface area contributed by atoms with Crippen molar-refractivity contribution in [1.29, 1.82) is 0 Å². The highest BCUT2D eigenvalue weighted by atomic mass is 35.5.